The summed E-state index contributed by atoms with van der Waals surface area (Å²) in [5.74, 6) is 2.15. The molecule has 2 heterocycles. The minimum atomic E-state index is 0.137. The van der Waals surface area contributed by atoms with Gasteiger partial charge in [0.2, 0.25) is 11.9 Å². The van der Waals surface area contributed by atoms with Crippen molar-refractivity contribution in [3.63, 3.8) is 0 Å². The van der Waals surface area contributed by atoms with Gasteiger partial charge in [0.25, 0.3) is 0 Å². The summed E-state index contributed by atoms with van der Waals surface area (Å²) in [5.41, 5.74) is 7.60. The van der Waals surface area contributed by atoms with Gasteiger partial charge in [-0.25, -0.2) is 0 Å². The topological polar surface area (TPSA) is 117 Å². The standard InChI is InChI=1S/C19H18N8OS/c1-28-15-10-6-5-9-14(15)22-18-24-16(23-17(20)25-18)11-29-19-26-21-12-27(19)13-7-3-2-4-8-13/h2-10,12H,11H2,1H3,(H3,20,22,23,24,25). The van der Waals surface area contributed by atoms with E-state index >= 15 is 0 Å². The molecule has 0 aliphatic heterocycles. The Morgan fingerprint density at radius 2 is 1.83 bits per heavy atom. The lowest BCUT2D eigenvalue weighted by atomic mass is 10.3. The maximum Gasteiger partial charge on any atom is 0.232 e. The number of hydrogen-bond donors (Lipinski definition) is 2. The third-order valence-corrected chi connectivity index (χ3v) is 4.87. The summed E-state index contributed by atoms with van der Waals surface area (Å²) in [7, 11) is 1.60. The third kappa shape index (κ3) is 4.43. The molecule has 0 aliphatic rings. The fraction of sp³-hybridized carbons (Fsp3) is 0.105. The number of nitrogens with one attached hydrogen (secondary N) is 1. The van der Waals surface area contributed by atoms with E-state index in [1.54, 1.807) is 13.4 Å². The van der Waals surface area contributed by atoms with E-state index < -0.39 is 0 Å². The second-order valence-corrected chi connectivity index (χ2v) is 6.81. The van der Waals surface area contributed by atoms with Crippen molar-refractivity contribution in [3.05, 3.63) is 66.7 Å². The number of ether oxygens (including phenoxy) is 1. The molecule has 0 spiro atoms. The second kappa shape index (κ2) is 8.57. The van der Waals surface area contributed by atoms with E-state index in [0.717, 1.165) is 16.5 Å². The van der Waals surface area contributed by atoms with Gasteiger partial charge in [-0.1, -0.05) is 42.1 Å². The summed E-state index contributed by atoms with van der Waals surface area (Å²) < 4.78 is 7.25. The first-order valence-corrected chi connectivity index (χ1v) is 9.70. The van der Waals surface area contributed by atoms with Crippen molar-refractivity contribution < 1.29 is 4.74 Å². The van der Waals surface area contributed by atoms with Crippen LogP contribution in [0.2, 0.25) is 0 Å². The van der Waals surface area contributed by atoms with Crippen LogP contribution in [-0.4, -0.2) is 36.8 Å². The van der Waals surface area contributed by atoms with E-state index in [1.165, 1.54) is 11.8 Å². The van der Waals surface area contributed by atoms with Gasteiger partial charge >= 0.3 is 0 Å². The molecule has 0 aliphatic carbocycles. The highest BCUT2D eigenvalue weighted by molar-refractivity contribution is 7.98. The number of thioether (sulfide) groups is 1. The van der Waals surface area contributed by atoms with Crippen LogP contribution in [0.5, 0.6) is 5.75 Å². The zero-order valence-corrected chi connectivity index (χ0v) is 16.4. The van der Waals surface area contributed by atoms with Crippen molar-refractivity contribution >= 4 is 29.3 Å². The van der Waals surface area contributed by atoms with Gasteiger partial charge in [-0.15, -0.1) is 10.2 Å². The van der Waals surface area contributed by atoms with Crippen molar-refractivity contribution in [2.75, 3.05) is 18.2 Å². The third-order valence-electron chi connectivity index (χ3n) is 3.93. The van der Waals surface area contributed by atoms with Gasteiger partial charge in [0.1, 0.15) is 17.9 Å². The van der Waals surface area contributed by atoms with Crippen molar-refractivity contribution in [1.29, 1.82) is 0 Å². The van der Waals surface area contributed by atoms with Crippen molar-refractivity contribution in [3.8, 4) is 11.4 Å². The quantitative estimate of drug-likeness (QED) is 0.446. The van der Waals surface area contributed by atoms with Crippen molar-refractivity contribution in [2.45, 2.75) is 10.9 Å². The van der Waals surface area contributed by atoms with E-state index in [9.17, 15) is 0 Å². The van der Waals surface area contributed by atoms with Gasteiger partial charge < -0.3 is 15.8 Å². The number of rotatable bonds is 7. The SMILES string of the molecule is COc1ccccc1Nc1nc(N)nc(CSc2nncn2-c2ccccc2)n1. The van der Waals surface area contributed by atoms with Crippen LogP contribution >= 0.6 is 11.8 Å². The second-order valence-electron chi connectivity index (χ2n) is 5.87. The van der Waals surface area contributed by atoms with Crippen LogP contribution in [-0.2, 0) is 5.75 Å². The molecule has 0 saturated heterocycles. The van der Waals surface area contributed by atoms with Gasteiger partial charge in [-0.05, 0) is 24.3 Å². The minimum Gasteiger partial charge on any atom is -0.495 e. The molecule has 2 aromatic heterocycles. The summed E-state index contributed by atoms with van der Waals surface area (Å²) in [5, 5.41) is 12.0. The first-order valence-electron chi connectivity index (χ1n) is 8.71. The molecule has 9 nitrogen and oxygen atoms in total. The Hall–Kier alpha value is -3.66. The Kier molecular flexibility index (Phi) is 5.52. The molecule has 4 rings (SSSR count). The highest BCUT2D eigenvalue weighted by atomic mass is 32.2. The van der Waals surface area contributed by atoms with E-state index in [0.29, 0.717) is 23.3 Å². The molecule has 10 heteroatoms. The fourth-order valence-electron chi connectivity index (χ4n) is 2.64. The van der Waals surface area contributed by atoms with Crippen LogP contribution in [0, 0.1) is 0 Å². The number of nitrogen functional groups attached to an aromatic ring is 1. The molecule has 0 radical (unpaired) electrons. The van der Waals surface area contributed by atoms with Crippen LogP contribution in [0.25, 0.3) is 5.69 Å². The number of nitrogens with zero attached hydrogens (tertiary/aromatic N) is 6. The van der Waals surface area contributed by atoms with Crippen LogP contribution in [0.3, 0.4) is 0 Å². The van der Waals surface area contributed by atoms with Crippen LogP contribution < -0.4 is 15.8 Å². The van der Waals surface area contributed by atoms with Crippen LogP contribution in [0.15, 0.2) is 66.1 Å². The van der Waals surface area contributed by atoms with Gasteiger partial charge in [0.05, 0.1) is 18.6 Å². The number of para-hydroxylation sites is 3. The number of nitrogens with two attached hydrogens (primary N) is 1. The Morgan fingerprint density at radius 1 is 1.03 bits per heavy atom. The van der Waals surface area contributed by atoms with E-state index in [-0.39, 0.29) is 5.95 Å². The zero-order chi connectivity index (χ0) is 20.1. The maximum absolute atomic E-state index is 5.88. The minimum absolute atomic E-state index is 0.137. The normalized spacial score (nSPS) is 10.7. The number of benzene rings is 2. The summed E-state index contributed by atoms with van der Waals surface area (Å²) in [6.45, 7) is 0. The van der Waals surface area contributed by atoms with Gasteiger partial charge in [0, 0.05) is 5.69 Å². The van der Waals surface area contributed by atoms with E-state index in [2.05, 4.69) is 30.5 Å². The fourth-order valence-corrected chi connectivity index (χ4v) is 3.43. The molecule has 0 bridgehead atoms. The molecule has 0 amide bonds. The van der Waals surface area contributed by atoms with Gasteiger partial charge in [-0.3, -0.25) is 4.57 Å². The summed E-state index contributed by atoms with van der Waals surface area (Å²) in [6.07, 6.45) is 1.67. The molecule has 0 saturated carbocycles. The zero-order valence-electron chi connectivity index (χ0n) is 15.6. The molecule has 0 fully saturated rings. The maximum atomic E-state index is 5.88. The molecular weight excluding hydrogens is 388 g/mol. The number of methoxy groups -OCH3 is 1. The number of aromatic nitrogens is 6. The number of anilines is 3. The summed E-state index contributed by atoms with van der Waals surface area (Å²) >= 11 is 1.46. The predicted octanol–water partition coefficient (Wildman–Crippen LogP) is 3.08. The van der Waals surface area contributed by atoms with E-state index in [1.807, 2.05) is 59.2 Å². The molecule has 3 N–H and O–H groups in total. The predicted molar refractivity (Wildman–Crippen MR) is 111 cm³/mol. The first kappa shape index (κ1) is 18.7. The van der Waals surface area contributed by atoms with Crippen molar-refractivity contribution in [1.82, 2.24) is 29.7 Å². The monoisotopic (exact) mass is 406 g/mol. The summed E-state index contributed by atoms with van der Waals surface area (Å²) in [4.78, 5) is 12.8. The molecule has 0 atom stereocenters. The highest BCUT2D eigenvalue weighted by Gasteiger charge is 2.11. The van der Waals surface area contributed by atoms with Crippen LogP contribution in [0.1, 0.15) is 5.82 Å². The Balaban J connectivity index is 1.52. The first-order chi connectivity index (χ1) is 14.2. The molecule has 2 aromatic carbocycles. The lowest BCUT2D eigenvalue weighted by Gasteiger charge is -2.10. The lowest BCUT2D eigenvalue weighted by Crippen LogP contribution is -2.07. The van der Waals surface area contributed by atoms with Crippen LogP contribution in [0.4, 0.5) is 17.6 Å². The summed E-state index contributed by atoms with van der Waals surface area (Å²) in [6, 6.07) is 17.4. The van der Waals surface area contributed by atoms with Gasteiger partial charge in [0.15, 0.2) is 5.16 Å². The van der Waals surface area contributed by atoms with Crippen molar-refractivity contribution in [2.24, 2.45) is 0 Å². The molecule has 0 unspecified atom stereocenters. The van der Waals surface area contributed by atoms with Gasteiger partial charge in [-0.2, -0.15) is 15.0 Å². The average Bonchev–Trinajstić information content (AvgIpc) is 3.22. The Labute approximate surface area is 171 Å². The molecule has 146 valence electrons. The number of hydrogen-bond acceptors (Lipinski definition) is 9. The highest BCUT2D eigenvalue weighted by Crippen LogP contribution is 2.26. The Bertz CT molecular complexity index is 1100. The molecular formula is C19H18N8OS. The molecule has 4 aromatic rings. The smallest absolute Gasteiger partial charge is 0.232 e. The van der Waals surface area contributed by atoms with E-state index in [4.69, 9.17) is 10.5 Å². The average molecular weight is 406 g/mol. The Morgan fingerprint density at radius 3 is 2.66 bits per heavy atom. The molecule has 29 heavy (non-hydrogen) atoms. The lowest BCUT2D eigenvalue weighted by molar-refractivity contribution is 0.417. The largest absolute Gasteiger partial charge is 0.495 e.